The fourth-order valence-corrected chi connectivity index (χ4v) is 6.80. The van der Waals surface area contributed by atoms with Crippen molar-refractivity contribution in [1.82, 2.24) is 19.7 Å². The number of halogens is 1. The van der Waals surface area contributed by atoms with Gasteiger partial charge in [-0.1, -0.05) is 12.1 Å². The Morgan fingerprint density at radius 1 is 1.10 bits per heavy atom. The molecule has 1 saturated heterocycles. The number of pyridine rings is 1. The van der Waals surface area contributed by atoms with Crippen LogP contribution in [-0.4, -0.2) is 102 Å². The predicted molar refractivity (Wildman–Crippen MR) is 151 cm³/mol. The van der Waals surface area contributed by atoms with E-state index in [1.54, 1.807) is 24.3 Å². The smallest absolute Gasteiger partial charge is 0.317 e. The molecule has 2 aromatic carbocycles. The van der Waals surface area contributed by atoms with Crippen LogP contribution in [-0.2, 0) is 27.9 Å². The zero-order chi connectivity index (χ0) is 29.3. The van der Waals surface area contributed by atoms with Crippen LogP contribution in [0.3, 0.4) is 0 Å². The van der Waals surface area contributed by atoms with E-state index in [2.05, 4.69) is 4.98 Å². The number of amides is 1. The monoisotopic (exact) mass is 585 g/mol. The largest absolute Gasteiger partial charge is 0.505 e. The first kappa shape index (κ1) is 28.7. The van der Waals surface area contributed by atoms with Crippen molar-refractivity contribution in [3.63, 3.8) is 0 Å². The summed E-state index contributed by atoms with van der Waals surface area (Å²) in [6.45, 7) is 2.82. The first-order valence-corrected chi connectivity index (χ1v) is 15.0. The summed E-state index contributed by atoms with van der Waals surface area (Å²) in [5.41, 5.74) is 1.52. The number of aromatic nitrogens is 1. The van der Waals surface area contributed by atoms with Crippen molar-refractivity contribution in [1.29, 1.82) is 0 Å². The molecule has 13 heteroatoms. The average Bonchev–Trinajstić information content (AvgIpc) is 3.10. The Labute approximate surface area is 237 Å². The van der Waals surface area contributed by atoms with Crippen LogP contribution in [0.25, 0.3) is 10.9 Å². The number of nitrogens with zero attached hydrogens (tertiary/aromatic N) is 5. The van der Waals surface area contributed by atoms with Crippen LogP contribution in [0.2, 0.25) is 0 Å². The molecule has 1 aromatic heterocycles. The summed E-state index contributed by atoms with van der Waals surface area (Å²) in [6.07, 6.45) is 2.20. The Hall–Kier alpha value is -3.81. The number of benzene rings is 2. The lowest BCUT2D eigenvalue weighted by atomic mass is 10.0. The summed E-state index contributed by atoms with van der Waals surface area (Å²) in [4.78, 5) is 34.1. The SMILES string of the molecule is CN(c1c2c(c(O)c3ncccc13)C(=O)N(Cc1ccc(F)cc1)C2)S(=O)(=O)CCN1CCCN(CC(=O)O)CC1. The highest BCUT2D eigenvalue weighted by molar-refractivity contribution is 7.92. The van der Waals surface area contributed by atoms with Crippen molar-refractivity contribution in [2.45, 2.75) is 19.5 Å². The number of carbonyl (C=O) groups is 2. The number of aromatic hydroxyl groups is 1. The number of carboxylic acid groups (broad SMARTS) is 1. The second-order valence-corrected chi connectivity index (χ2v) is 12.5. The van der Waals surface area contributed by atoms with E-state index < -0.39 is 27.7 Å². The third-order valence-electron chi connectivity index (χ3n) is 7.69. The fraction of sp³-hybridized carbons (Fsp3) is 0.393. The van der Waals surface area contributed by atoms with E-state index in [0.29, 0.717) is 48.4 Å². The summed E-state index contributed by atoms with van der Waals surface area (Å²) in [7, 11) is -2.44. The van der Waals surface area contributed by atoms with Gasteiger partial charge in [0.25, 0.3) is 5.91 Å². The maximum absolute atomic E-state index is 13.7. The lowest BCUT2D eigenvalue weighted by Crippen LogP contribution is -2.38. The summed E-state index contributed by atoms with van der Waals surface area (Å²) in [5.74, 6) is -2.23. The number of fused-ring (bicyclic) bond motifs is 2. The molecule has 2 aliphatic rings. The summed E-state index contributed by atoms with van der Waals surface area (Å²) in [6, 6.07) is 9.07. The number of phenolic OH excluding ortho intramolecular Hbond substituents is 1. The summed E-state index contributed by atoms with van der Waals surface area (Å²) < 4.78 is 41.9. The van der Waals surface area contributed by atoms with Gasteiger partial charge in [-0.3, -0.25) is 23.8 Å². The Morgan fingerprint density at radius 2 is 1.80 bits per heavy atom. The van der Waals surface area contributed by atoms with E-state index in [9.17, 15) is 27.5 Å². The van der Waals surface area contributed by atoms with E-state index in [0.717, 1.165) is 6.42 Å². The lowest BCUT2D eigenvalue weighted by Gasteiger charge is -2.26. The molecule has 3 heterocycles. The van der Waals surface area contributed by atoms with Crippen LogP contribution >= 0.6 is 0 Å². The third-order valence-corrected chi connectivity index (χ3v) is 9.40. The number of anilines is 1. The van der Waals surface area contributed by atoms with E-state index in [4.69, 9.17) is 5.11 Å². The van der Waals surface area contributed by atoms with Crippen LogP contribution in [0.4, 0.5) is 10.1 Å². The molecule has 2 aliphatic heterocycles. The number of sulfonamides is 1. The minimum Gasteiger partial charge on any atom is -0.505 e. The molecule has 0 atom stereocenters. The van der Waals surface area contributed by atoms with Crippen LogP contribution in [0.5, 0.6) is 5.75 Å². The second kappa shape index (κ2) is 11.6. The van der Waals surface area contributed by atoms with Crippen molar-refractivity contribution in [2.75, 3.05) is 56.4 Å². The number of carbonyl (C=O) groups excluding carboxylic acids is 1. The van der Waals surface area contributed by atoms with E-state index in [1.807, 2.05) is 9.80 Å². The van der Waals surface area contributed by atoms with E-state index in [1.165, 1.54) is 34.6 Å². The van der Waals surface area contributed by atoms with Crippen LogP contribution in [0, 0.1) is 5.82 Å². The molecule has 11 nitrogen and oxygen atoms in total. The normalized spacial score (nSPS) is 16.6. The number of aliphatic carboxylic acids is 1. The van der Waals surface area contributed by atoms with Crippen molar-refractivity contribution in [2.24, 2.45) is 0 Å². The highest BCUT2D eigenvalue weighted by Crippen LogP contribution is 2.44. The maximum Gasteiger partial charge on any atom is 0.317 e. The highest BCUT2D eigenvalue weighted by Gasteiger charge is 2.37. The minimum atomic E-state index is -3.88. The first-order chi connectivity index (χ1) is 19.5. The van der Waals surface area contributed by atoms with Gasteiger partial charge in [0.15, 0.2) is 5.75 Å². The van der Waals surface area contributed by atoms with Crippen molar-refractivity contribution in [3.05, 3.63) is 65.1 Å². The standard InChI is InChI=1S/C28H32FN5O6S/c1-31(41(39,40)15-14-32-10-3-11-33(13-12-32)18-23(35)36)26-21-4-2-9-30-25(21)27(37)24-22(26)17-34(28(24)38)16-19-5-7-20(29)8-6-19/h2,4-9,37H,3,10-18H2,1H3,(H,35,36). The lowest BCUT2D eigenvalue weighted by molar-refractivity contribution is -0.138. The molecule has 2 N–H and O–H groups in total. The zero-order valence-corrected chi connectivity index (χ0v) is 23.5. The molecule has 5 rings (SSSR count). The highest BCUT2D eigenvalue weighted by atomic mass is 32.2. The third kappa shape index (κ3) is 5.97. The number of hydrogen-bond donors (Lipinski definition) is 2. The molecule has 218 valence electrons. The van der Waals surface area contributed by atoms with E-state index >= 15 is 0 Å². The van der Waals surface area contributed by atoms with Gasteiger partial charge < -0.3 is 20.0 Å². The van der Waals surface area contributed by atoms with Gasteiger partial charge >= 0.3 is 5.97 Å². The van der Waals surface area contributed by atoms with Gasteiger partial charge in [-0.2, -0.15) is 0 Å². The average molecular weight is 586 g/mol. The van der Waals surface area contributed by atoms with Crippen LogP contribution in [0.15, 0.2) is 42.6 Å². The molecule has 0 aliphatic carbocycles. The van der Waals surface area contributed by atoms with E-state index in [-0.39, 0.29) is 48.8 Å². The molecule has 1 fully saturated rings. The Balaban J connectivity index is 1.41. The van der Waals surface area contributed by atoms with Crippen molar-refractivity contribution < 1.29 is 32.6 Å². The van der Waals surface area contributed by atoms with Gasteiger partial charge in [0, 0.05) is 63.5 Å². The van der Waals surface area contributed by atoms with Crippen LogP contribution in [0.1, 0.15) is 27.9 Å². The van der Waals surface area contributed by atoms with Gasteiger partial charge in [0.05, 0.1) is 23.5 Å². The summed E-state index contributed by atoms with van der Waals surface area (Å²) >= 11 is 0. The quantitative estimate of drug-likeness (QED) is 0.387. The van der Waals surface area contributed by atoms with Gasteiger partial charge in [0.1, 0.15) is 11.3 Å². The first-order valence-electron chi connectivity index (χ1n) is 13.3. The summed E-state index contributed by atoms with van der Waals surface area (Å²) in [5, 5.41) is 20.6. The number of hydrogen-bond acceptors (Lipinski definition) is 8. The topological polar surface area (TPSA) is 135 Å². The Kier molecular flexibility index (Phi) is 8.11. The minimum absolute atomic E-state index is 0.0152. The Morgan fingerprint density at radius 3 is 2.54 bits per heavy atom. The zero-order valence-electron chi connectivity index (χ0n) is 22.7. The number of rotatable bonds is 9. The second-order valence-electron chi connectivity index (χ2n) is 10.4. The molecular formula is C28H32FN5O6S. The molecule has 41 heavy (non-hydrogen) atoms. The molecule has 3 aromatic rings. The molecule has 0 bridgehead atoms. The maximum atomic E-state index is 13.7. The van der Waals surface area contributed by atoms with Gasteiger partial charge in [0.2, 0.25) is 10.0 Å². The number of carboxylic acids is 1. The molecule has 0 spiro atoms. The molecule has 1 amide bonds. The molecular weight excluding hydrogens is 553 g/mol. The molecule has 0 unspecified atom stereocenters. The molecule has 0 radical (unpaired) electrons. The predicted octanol–water partition coefficient (Wildman–Crippen LogP) is 2.09. The van der Waals surface area contributed by atoms with Crippen LogP contribution < -0.4 is 4.31 Å². The van der Waals surface area contributed by atoms with Gasteiger partial charge in [-0.15, -0.1) is 0 Å². The van der Waals surface area contributed by atoms with Gasteiger partial charge in [-0.25, -0.2) is 12.8 Å². The van der Waals surface area contributed by atoms with Crippen molar-refractivity contribution >= 4 is 38.5 Å². The number of phenols is 1. The molecule has 0 saturated carbocycles. The fourth-order valence-electron chi connectivity index (χ4n) is 5.55. The van der Waals surface area contributed by atoms with Crippen molar-refractivity contribution in [3.8, 4) is 5.75 Å². The Bertz CT molecular complexity index is 1580. The van der Waals surface area contributed by atoms with Gasteiger partial charge in [-0.05, 0) is 42.8 Å².